The van der Waals surface area contributed by atoms with Crippen molar-refractivity contribution in [2.45, 2.75) is 66.1 Å². The highest BCUT2D eigenvalue weighted by Crippen LogP contribution is 2.26. The van der Waals surface area contributed by atoms with E-state index in [-0.39, 0.29) is 18.4 Å². The van der Waals surface area contributed by atoms with Gasteiger partial charge in [-0.1, -0.05) is 70.2 Å². The second-order valence-corrected chi connectivity index (χ2v) is 10.2. The molecule has 206 valence electrons. The number of amides is 3. The Labute approximate surface area is 220 Å². The van der Waals surface area contributed by atoms with E-state index >= 15 is 0 Å². The fourth-order valence-electron chi connectivity index (χ4n) is 4.19. The van der Waals surface area contributed by atoms with Crippen LogP contribution in [0, 0.1) is 23.7 Å². The summed E-state index contributed by atoms with van der Waals surface area (Å²) < 4.78 is 10.4. The number of carbonyl (C=O) groups excluding carboxylic acids is 3. The fraction of sp³-hybridized carbons (Fsp3) is 0.607. The lowest BCUT2D eigenvalue weighted by Crippen LogP contribution is -2.52. The van der Waals surface area contributed by atoms with Crippen LogP contribution in [0.5, 0.6) is 0 Å². The van der Waals surface area contributed by atoms with Crippen LogP contribution in [-0.2, 0) is 23.9 Å². The van der Waals surface area contributed by atoms with Crippen molar-refractivity contribution in [3.05, 3.63) is 42.0 Å². The summed E-state index contributed by atoms with van der Waals surface area (Å²) in [6.45, 7) is 8.72. The standard InChI is InChI=1S/C28H43N3O6/c1-20(2)18-24(26(32)29-31(19-21(3)4)28(34)35-5)23(15-11-14-22-12-7-6-8-13-22)27(33)30-37-25-16-9-10-17-36-25/h6-8,11-14,20-21,23-25H,9-10,15-19H2,1-5H3,(H,29,32)(H,30,33)/b14-11+/t23-,24+,25?/m0/s1. The molecule has 0 spiro atoms. The Morgan fingerprint density at radius 2 is 1.78 bits per heavy atom. The Hall–Kier alpha value is -2.91. The first-order chi connectivity index (χ1) is 17.7. The number of benzene rings is 1. The first kappa shape index (κ1) is 30.3. The summed E-state index contributed by atoms with van der Waals surface area (Å²) >= 11 is 0. The first-order valence-corrected chi connectivity index (χ1v) is 13.2. The third-order valence-corrected chi connectivity index (χ3v) is 6.00. The van der Waals surface area contributed by atoms with Crippen molar-refractivity contribution in [1.82, 2.24) is 15.9 Å². The predicted octanol–water partition coefficient (Wildman–Crippen LogP) is 4.70. The van der Waals surface area contributed by atoms with Crippen molar-refractivity contribution in [2.24, 2.45) is 23.7 Å². The van der Waals surface area contributed by atoms with Gasteiger partial charge in [-0.25, -0.2) is 20.1 Å². The maximum Gasteiger partial charge on any atom is 0.428 e. The molecule has 9 nitrogen and oxygen atoms in total. The maximum atomic E-state index is 13.5. The number of hydrazine groups is 1. The number of nitrogens with zero attached hydrogens (tertiary/aromatic N) is 1. The number of rotatable bonds is 12. The highest BCUT2D eigenvalue weighted by Gasteiger charge is 2.35. The van der Waals surface area contributed by atoms with Crippen molar-refractivity contribution in [1.29, 1.82) is 0 Å². The summed E-state index contributed by atoms with van der Waals surface area (Å²) in [5, 5.41) is 1.17. The third-order valence-electron chi connectivity index (χ3n) is 6.00. The molecule has 1 aromatic rings. The van der Waals surface area contributed by atoms with Crippen molar-refractivity contribution < 1.29 is 28.7 Å². The van der Waals surface area contributed by atoms with Crippen molar-refractivity contribution >= 4 is 24.0 Å². The number of ether oxygens (including phenoxy) is 2. The van der Waals surface area contributed by atoms with E-state index in [0.717, 1.165) is 18.4 Å². The first-order valence-electron chi connectivity index (χ1n) is 13.2. The van der Waals surface area contributed by atoms with E-state index in [0.29, 0.717) is 25.9 Å². The van der Waals surface area contributed by atoms with Crippen molar-refractivity contribution in [2.75, 3.05) is 20.3 Å². The van der Waals surface area contributed by atoms with Gasteiger partial charge in [-0.2, -0.15) is 0 Å². The predicted molar refractivity (Wildman–Crippen MR) is 141 cm³/mol. The largest absolute Gasteiger partial charge is 0.452 e. The highest BCUT2D eigenvalue weighted by atomic mass is 16.8. The van der Waals surface area contributed by atoms with Gasteiger partial charge in [0, 0.05) is 19.6 Å². The zero-order chi connectivity index (χ0) is 27.2. The highest BCUT2D eigenvalue weighted by molar-refractivity contribution is 5.88. The summed E-state index contributed by atoms with van der Waals surface area (Å²) in [7, 11) is 1.27. The van der Waals surface area contributed by atoms with Crippen LogP contribution in [0.3, 0.4) is 0 Å². The van der Waals surface area contributed by atoms with E-state index in [4.69, 9.17) is 14.3 Å². The summed E-state index contributed by atoms with van der Waals surface area (Å²) in [6.07, 6.45) is 6.02. The molecule has 1 aliphatic heterocycles. The summed E-state index contributed by atoms with van der Waals surface area (Å²) in [5.74, 6) is -2.04. The normalized spacial score (nSPS) is 17.4. The quantitative estimate of drug-likeness (QED) is 0.390. The molecule has 9 heteroatoms. The van der Waals surface area contributed by atoms with Gasteiger partial charge in [-0.3, -0.25) is 15.0 Å². The van der Waals surface area contributed by atoms with Crippen LogP contribution in [0.4, 0.5) is 4.79 Å². The Balaban J connectivity index is 2.25. The van der Waals surface area contributed by atoms with Crippen molar-refractivity contribution in [3.8, 4) is 0 Å². The molecule has 37 heavy (non-hydrogen) atoms. The molecule has 1 heterocycles. The second kappa shape index (κ2) is 16.0. The minimum Gasteiger partial charge on any atom is -0.452 e. The lowest BCUT2D eigenvalue weighted by molar-refractivity contribution is -0.203. The number of hydroxylamine groups is 1. The molecule has 0 radical (unpaired) electrons. The number of hydrogen-bond donors (Lipinski definition) is 2. The number of nitrogens with one attached hydrogen (secondary N) is 2. The number of hydrogen-bond acceptors (Lipinski definition) is 6. The fourth-order valence-corrected chi connectivity index (χ4v) is 4.19. The maximum absolute atomic E-state index is 13.5. The second-order valence-electron chi connectivity index (χ2n) is 10.2. The van der Waals surface area contributed by atoms with Crippen LogP contribution < -0.4 is 10.9 Å². The number of methoxy groups -OCH3 is 1. The van der Waals surface area contributed by atoms with E-state index in [1.807, 2.05) is 70.2 Å². The van der Waals surface area contributed by atoms with Gasteiger partial charge in [0.15, 0.2) is 6.29 Å². The number of allylic oxidation sites excluding steroid dienone is 1. The monoisotopic (exact) mass is 517 g/mol. The summed E-state index contributed by atoms with van der Waals surface area (Å²) in [5.41, 5.74) is 6.24. The van der Waals surface area contributed by atoms with Gasteiger partial charge in [-0.15, -0.1) is 0 Å². The van der Waals surface area contributed by atoms with Crippen molar-refractivity contribution in [3.63, 3.8) is 0 Å². The molecule has 1 fully saturated rings. The van der Waals surface area contributed by atoms with E-state index < -0.39 is 36.0 Å². The molecular formula is C28H43N3O6. The molecule has 3 amide bonds. The minimum absolute atomic E-state index is 0.0970. The molecule has 3 atom stereocenters. The van der Waals surface area contributed by atoms with E-state index in [1.165, 1.54) is 12.1 Å². The summed E-state index contributed by atoms with van der Waals surface area (Å²) in [6, 6.07) is 9.74. The molecule has 1 aliphatic rings. The molecule has 1 saturated heterocycles. The van der Waals surface area contributed by atoms with Crippen LogP contribution in [0.1, 0.15) is 65.4 Å². The molecule has 0 aliphatic carbocycles. The molecule has 2 N–H and O–H groups in total. The van der Waals surface area contributed by atoms with Crippen LogP contribution >= 0.6 is 0 Å². The zero-order valence-electron chi connectivity index (χ0n) is 22.8. The van der Waals surface area contributed by atoms with Gasteiger partial charge in [0.1, 0.15) is 0 Å². The van der Waals surface area contributed by atoms with E-state index in [1.54, 1.807) is 0 Å². The smallest absolute Gasteiger partial charge is 0.428 e. The number of carbonyl (C=O) groups is 3. The van der Waals surface area contributed by atoms with Gasteiger partial charge >= 0.3 is 6.09 Å². The van der Waals surface area contributed by atoms with Crippen LogP contribution in [0.25, 0.3) is 6.08 Å². The molecule has 0 bridgehead atoms. The average molecular weight is 518 g/mol. The van der Waals surface area contributed by atoms with Gasteiger partial charge in [0.05, 0.1) is 18.9 Å². The van der Waals surface area contributed by atoms with Gasteiger partial charge in [-0.05, 0) is 43.1 Å². The van der Waals surface area contributed by atoms with Crippen LogP contribution in [0.2, 0.25) is 0 Å². The molecule has 2 rings (SSSR count). The van der Waals surface area contributed by atoms with E-state index in [9.17, 15) is 14.4 Å². The van der Waals surface area contributed by atoms with Crippen LogP contribution in [-0.4, -0.2) is 49.5 Å². The molecule has 1 aromatic carbocycles. The van der Waals surface area contributed by atoms with Gasteiger partial charge in [0.25, 0.3) is 0 Å². The molecular weight excluding hydrogens is 474 g/mol. The lowest BCUT2D eigenvalue weighted by Gasteiger charge is -2.30. The topological polar surface area (TPSA) is 106 Å². The Kier molecular flexibility index (Phi) is 13.1. The van der Waals surface area contributed by atoms with Gasteiger partial charge in [0.2, 0.25) is 11.8 Å². The van der Waals surface area contributed by atoms with Crippen LogP contribution in [0.15, 0.2) is 36.4 Å². The van der Waals surface area contributed by atoms with Gasteiger partial charge < -0.3 is 9.47 Å². The third kappa shape index (κ3) is 10.9. The SMILES string of the molecule is COC(=O)N(CC(C)C)NC(=O)[C@H](CC(C)C)[C@H](C/C=C/c1ccccc1)C(=O)NOC1CCCCO1. The minimum atomic E-state index is -0.732. The molecule has 1 unspecified atom stereocenters. The Morgan fingerprint density at radius 1 is 1.05 bits per heavy atom. The molecule has 0 aromatic heterocycles. The lowest BCUT2D eigenvalue weighted by atomic mass is 9.82. The Morgan fingerprint density at radius 3 is 2.38 bits per heavy atom. The average Bonchev–Trinajstić information content (AvgIpc) is 2.88. The Bertz CT molecular complexity index is 868. The summed E-state index contributed by atoms with van der Waals surface area (Å²) in [4.78, 5) is 44.8. The molecule has 0 saturated carbocycles. The zero-order valence-corrected chi connectivity index (χ0v) is 22.8. The van der Waals surface area contributed by atoms with E-state index in [2.05, 4.69) is 10.9 Å².